The second-order valence-electron chi connectivity index (χ2n) is 6.25. The van der Waals surface area contributed by atoms with Crippen molar-refractivity contribution in [2.24, 2.45) is 0 Å². The molecule has 112 valence electrons. The first kappa shape index (κ1) is 14.3. The van der Waals surface area contributed by atoms with Gasteiger partial charge in [0.25, 0.3) is 0 Å². The number of hydrogen-bond acceptors (Lipinski definition) is 6. The fourth-order valence-corrected chi connectivity index (χ4v) is 2.99. The van der Waals surface area contributed by atoms with Gasteiger partial charge in [0.1, 0.15) is 30.5 Å². The van der Waals surface area contributed by atoms with Crippen LogP contribution < -0.4 is 0 Å². The van der Waals surface area contributed by atoms with Crippen LogP contribution in [0.4, 0.5) is 0 Å². The van der Waals surface area contributed by atoms with Crippen molar-refractivity contribution in [2.75, 3.05) is 0 Å². The van der Waals surface area contributed by atoms with E-state index in [0.29, 0.717) is 0 Å². The topological polar surface area (TPSA) is 66.4 Å². The van der Waals surface area contributed by atoms with Crippen LogP contribution in [0.15, 0.2) is 0 Å². The number of rotatable bonds is 1. The predicted octanol–water partition coefficient (Wildman–Crippen LogP) is 0.377. The van der Waals surface area contributed by atoms with Gasteiger partial charge < -0.3 is 28.8 Å². The van der Waals surface area contributed by atoms with Gasteiger partial charge in [-0.25, -0.2) is 0 Å². The van der Waals surface area contributed by atoms with Crippen LogP contribution in [0.25, 0.3) is 0 Å². The smallest absolute Gasteiger partial charge is 0.190 e. The first-order valence-electron chi connectivity index (χ1n) is 6.73. The van der Waals surface area contributed by atoms with Crippen LogP contribution in [-0.2, 0) is 23.7 Å². The van der Waals surface area contributed by atoms with E-state index in [9.17, 15) is 5.11 Å². The van der Waals surface area contributed by atoms with Crippen LogP contribution in [0.1, 0.15) is 27.7 Å². The van der Waals surface area contributed by atoms with Gasteiger partial charge in [0.05, 0.1) is 0 Å². The molecule has 0 aromatic heterocycles. The molecule has 6 atom stereocenters. The molecular formula is C14H20O6. The largest absolute Gasteiger partial charge is 0.378 e. The molecule has 0 aromatic rings. The molecule has 6 heteroatoms. The van der Waals surface area contributed by atoms with Gasteiger partial charge >= 0.3 is 0 Å². The van der Waals surface area contributed by atoms with Crippen molar-refractivity contribution < 1.29 is 28.8 Å². The second kappa shape index (κ2) is 4.41. The average molecular weight is 284 g/mol. The fourth-order valence-electron chi connectivity index (χ4n) is 2.99. The summed E-state index contributed by atoms with van der Waals surface area (Å²) in [6, 6.07) is 0. The fraction of sp³-hybridized carbons (Fsp3) is 0.857. The molecule has 3 saturated heterocycles. The molecule has 1 N–H and O–H groups in total. The molecule has 0 bridgehead atoms. The molecule has 20 heavy (non-hydrogen) atoms. The van der Waals surface area contributed by atoms with Gasteiger partial charge in [0, 0.05) is 0 Å². The highest BCUT2D eigenvalue weighted by molar-refractivity contribution is 5.08. The lowest BCUT2D eigenvalue weighted by Gasteiger charge is -2.38. The lowest BCUT2D eigenvalue weighted by Crippen LogP contribution is -2.58. The molecule has 3 aliphatic rings. The van der Waals surface area contributed by atoms with E-state index in [-0.39, 0.29) is 0 Å². The minimum atomic E-state index is -1.09. The molecule has 0 radical (unpaired) electrons. The van der Waals surface area contributed by atoms with Crippen LogP contribution in [0.5, 0.6) is 0 Å². The minimum absolute atomic E-state index is 0.390. The SMILES string of the molecule is C#CC(O)[C@H]1O[C@@H]2OC(C)(C)O[C@@H]2[C@H]2OC(C)(C)O[C@H]21. The standard InChI is InChI=1S/C14H20O6/c1-6-7(15)8-9-10(18-13(2,3)17-9)11-12(16-8)20-14(4,5)19-11/h1,7-12,15H,2-5H3/t7?,8-,9+,10+,11-,12-/m1/s1. The van der Waals surface area contributed by atoms with Crippen molar-refractivity contribution in [1.29, 1.82) is 0 Å². The maximum Gasteiger partial charge on any atom is 0.190 e. The molecule has 0 amide bonds. The summed E-state index contributed by atoms with van der Waals surface area (Å²) in [5.41, 5.74) is 0. The maximum atomic E-state index is 9.96. The summed E-state index contributed by atoms with van der Waals surface area (Å²) >= 11 is 0. The second-order valence-corrected chi connectivity index (χ2v) is 6.25. The number of terminal acetylenes is 1. The molecular weight excluding hydrogens is 264 g/mol. The zero-order chi connectivity index (χ0) is 14.7. The predicted molar refractivity (Wildman–Crippen MR) is 67.4 cm³/mol. The number of hydrogen-bond donors (Lipinski definition) is 1. The molecule has 6 nitrogen and oxygen atoms in total. The average Bonchev–Trinajstić information content (AvgIpc) is 2.81. The lowest BCUT2D eigenvalue weighted by atomic mass is 9.96. The van der Waals surface area contributed by atoms with Crippen LogP contribution in [0.2, 0.25) is 0 Å². The number of ether oxygens (including phenoxy) is 5. The number of aliphatic hydroxyl groups excluding tert-OH is 1. The van der Waals surface area contributed by atoms with E-state index in [1.54, 1.807) is 27.7 Å². The number of aliphatic hydroxyl groups is 1. The monoisotopic (exact) mass is 284 g/mol. The van der Waals surface area contributed by atoms with Crippen molar-refractivity contribution in [3.63, 3.8) is 0 Å². The third-order valence-corrected chi connectivity index (χ3v) is 3.67. The van der Waals surface area contributed by atoms with Gasteiger partial charge in [0.15, 0.2) is 17.9 Å². The Morgan fingerprint density at radius 2 is 1.50 bits per heavy atom. The quantitative estimate of drug-likeness (QED) is 0.702. The Morgan fingerprint density at radius 3 is 2.15 bits per heavy atom. The van der Waals surface area contributed by atoms with Crippen molar-refractivity contribution >= 4 is 0 Å². The Hall–Kier alpha value is -0.680. The number of fused-ring (bicyclic) bond motifs is 3. The normalized spacial score (nSPS) is 46.3. The highest BCUT2D eigenvalue weighted by Crippen LogP contribution is 2.44. The van der Waals surface area contributed by atoms with E-state index < -0.39 is 48.4 Å². The molecule has 3 rings (SSSR count). The van der Waals surface area contributed by atoms with E-state index in [1.165, 1.54) is 0 Å². The summed E-state index contributed by atoms with van der Waals surface area (Å²) in [6.45, 7) is 7.22. The van der Waals surface area contributed by atoms with Gasteiger partial charge in [-0.15, -0.1) is 6.42 Å². The van der Waals surface area contributed by atoms with Crippen molar-refractivity contribution in [1.82, 2.24) is 0 Å². The van der Waals surface area contributed by atoms with Gasteiger partial charge in [-0.3, -0.25) is 0 Å². The van der Waals surface area contributed by atoms with E-state index >= 15 is 0 Å². The van der Waals surface area contributed by atoms with E-state index in [2.05, 4.69) is 5.92 Å². The third kappa shape index (κ3) is 2.25. The Bertz CT molecular complexity index is 439. The zero-order valence-electron chi connectivity index (χ0n) is 12.0. The first-order valence-corrected chi connectivity index (χ1v) is 6.73. The molecule has 0 aromatic carbocycles. The Morgan fingerprint density at radius 1 is 0.950 bits per heavy atom. The van der Waals surface area contributed by atoms with Crippen LogP contribution in [-0.4, -0.2) is 53.5 Å². The minimum Gasteiger partial charge on any atom is -0.378 e. The Balaban J connectivity index is 1.90. The summed E-state index contributed by atoms with van der Waals surface area (Å²) in [6.07, 6.45) is 1.59. The molecule has 0 spiro atoms. The summed E-state index contributed by atoms with van der Waals surface area (Å²) < 4.78 is 29.0. The molecule has 3 fully saturated rings. The van der Waals surface area contributed by atoms with Gasteiger partial charge in [0.2, 0.25) is 0 Å². The zero-order valence-corrected chi connectivity index (χ0v) is 12.0. The van der Waals surface area contributed by atoms with Crippen molar-refractivity contribution in [3.05, 3.63) is 0 Å². The van der Waals surface area contributed by atoms with Crippen LogP contribution in [0, 0.1) is 12.3 Å². The Kier molecular flexibility index (Phi) is 3.14. The van der Waals surface area contributed by atoms with Gasteiger partial charge in [-0.2, -0.15) is 0 Å². The van der Waals surface area contributed by atoms with Gasteiger partial charge in [-0.05, 0) is 27.7 Å². The van der Waals surface area contributed by atoms with Crippen LogP contribution >= 0.6 is 0 Å². The first-order chi connectivity index (χ1) is 9.22. The van der Waals surface area contributed by atoms with E-state index in [0.717, 1.165) is 0 Å². The third-order valence-electron chi connectivity index (χ3n) is 3.67. The van der Waals surface area contributed by atoms with E-state index in [4.69, 9.17) is 30.1 Å². The lowest BCUT2D eigenvalue weighted by molar-refractivity contribution is -0.247. The molecule has 0 aliphatic carbocycles. The highest BCUT2D eigenvalue weighted by Gasteiger charge is 2.61. The summed E-state index contributed by atoms with van der Waals surface area (Å²) in [7, 11) is 0. The van der Waals surface area contributed by atoms with Crippen molar-refractivity contribution in [2.45, 2.75) is 76.1 Å². The molecule has 0 saturated carbocycles. The Labute approximate surface area is 118 Å². The molecule has 3 heterocycles. The molecule has 1 unspecified atom stereocenters. The van der Waals surface area contributed by atoms with E-state index in [1.807, 2.05) is 0 Å². The summed E-state index contributed by atoms with van der Waals surface area (Å²) in [5, 5.41) is 9.96. The van der Waals surface area contributed by atoms with Crippen molar-refractivity contribution in [3.8, 4) is 12.3 Å². The highest BCUT2D eigenvalue weighted by atomic mass is 16.9. The summed E-state index contributed by atoms with van der Waals surface area (Å²) in [5.74, 6) is 0.721. The maximum absolute atomic E-state index is 9.96. The van der Waals surface area contributed by atoms with Crippen LogP contribution in [0.3, 0.4) is 0 Å². The van der Waals surface area contributed by atoms with Gasteiger partial charge in [-0.1, -0.05) is 5.92 Å². The molecule has 3 aliphatic heterocycles. The summed E-state index contributed by atoms with van der Waals surface area (Å²) in [4.78, 5) is 0.